The van der Waals surface area contributed by atoms with E-state index < -0.39 is 10.4 Å². The number of ether oxygens (including phenoxy) is 2. The van der Waals surface area contributed by atoms with Gasteiger partial charge in [0.15, 0.2) is 11.5 Å². The second kappa shape index (κ2) is 6.32. The molecule has 0 N–H and O–H groups in total. The highest BCUT2D eigenvalue weighted by Gasteiger charge is 2.64. The molecule has 6 rings (SSSR count). The molecule has 32 heavy (non-hydrogen) atoms. The van der Waals surface area contributed by atoms with Gasteiger partial charge in [-0.1, -0.05) is 13.0 Å². The van der Waals surface area contributed by atoms with E-state index in [0.29, 0.717) is 17.2 Å². The van der Waals surface area contributed by atoms with Crippen molar-refractivity contribution in [2.75, 3.05) is 22.3 Å². The monoisotopic (exact) mass is 448 g/mol. The molecule has 0 aromatic heterocycles. The van der Waals surface area contributed by atoms with Crippen LogP contribution in [0, 0.1) is 0 Å². The molecule has 0 radical (unpaired) electrons. The van der Waals surface area contributed by atoms with Gasteiger partial charge in [0, 0.05) is 22.9 Å². The van der Waals surface area contributed by atoms with Crippen molar-refractivity contribution >= 4 is 40.5 Å². The summed E-state index contributed by atoms with van der Waals surface area (Å²) in [6.45, 7) is 8.49. The summed E-state index contributed by atoms with van der Waals surface area (Å²) in [4.78, 5) is 30.1. The lowest BCUT2D eigenvalue weighted by Crippen LogP contribution is -2.54. The molecule has 4 aliphatic heterocycles. The number of hydrogen-bond donors (Lipinski definition) is 0. The molecule has 164 valence electrons. The molecule has 0 saturated carbocycles. The van der Waals surface area contributed by atoms with E-state index in [0.717, 1.165) is 34.4 Å². The summed E-state index contributed by atoms with van der Waals surface area (Å²) in [7, 11) is 0. The summed E-state index contributed by atoms with van der Waals surface area (Å²) >= 11 is 1.41. The maximum atomic E-state index is 14.3. The van der Waals surface area contributed by atoms with Crippen molar-refractivity contribution in [3.63, 3.8) is 0 Å². The average molecular weight is 449 g/mol. The van der Waals surface area contributed by atoms with Crippen molar-refractivity contribution in [1.29, 1.82) is 0 Å². The fourth-order valence-electron chi connectivity index (χ4n) is 5.47. The molecular weight excluding hydrogens is 424 g/mol. The molecule has 4 heterocycles. The van der Waals surface area contributed by atoms with Crippen LogP contribution >= 0.6 is 11.8 Å². The molecule has 0 aliphatic carbocycles. The number of thioether (sulfide) groups is 1. The van der Waals surface area contributed by atoms with Crippen molar-refractivity contribution in [1.82, 2.24) is 0 Å². The van der Waals surface area contributed by atoms with Crippen LogP contribution in [-0.4, -0.2) is 29.9 Å². The third-order valence-electron chi connectivity index (χ3n) is 6.81. The van der Waals surface area contributed by atoms with E-state index in [1.54, 1.807) is 11.0 Å². The predicted octanol–water partition coefficient (Wildman–Crippen LogP) is 4.45. The highest BCUT2D eigenvalue weighted by molar-refractivity contribution is 8.02. The molecule has 0 unspecified atom stereocenters. The highest BCUT2D eigenvalue weighted by atomic mass is 32.2. The SMILES string of the molecule is CCc1cc2c3c(c1)[C@@]1(SCC(=O)N1c1ccc4c(c1)OCO4)C(=O)N3C(C)(C)C=C2C. The Morgan fingerprint density at radius 2 is 1.84 bits per heavy atom. The van der Waals surface area contributed by atoms with Crippen LogP contribution in [0.15, 0.2) is 36.4 Å². The molecule has 4 aliphatic rings. The van der Waals surface area contributed by atoms with Crippen LogP contribution in [0.2, 0.25) is 0 Å². The van der Waals surface area contributed by atoms with Crippen molar-refractivity contribution in [2.45, 2.75) is 44.5 Å². The summed E-state index contributed by atoms with van der Waals surface area (Å²) in [5.74, 6) is 1.34. The number of anilines is 2. The molecule has 1 atom stereocenters. The van der Waals surface area contributed by atoms with Crippen LogP contribution in [0.3, 0.4) is 0 Å². The predicted molar refractivity (Wildman–Crippen MR) is 125 cm³/mol. The van der Waals surface area contributed by atoms with E-state index in [2.05, 4.69) is 45.9 Å². The summed E-state index contributed by atoms with van der Waals surface area (Å²) in [5.41, 5.74) is 5.39. The van der Waals surface area contributed by atoms with Crippen molar-refractivity contribution in [3.8, 4) is 11.5 Å². The Morgan fingerprint density at radius 3 is 2.62 bits per heavy atom. The fraction of sp³-hybridized carbons (Fsp3) is 0.360. The smallest absolute Gasteiger partial charge is 0.269 e. The molecule has 2 aromatic carbocycles. The number of nitrogens with zero attached hydrogens (tertiary/aromatic N) is 2. The summed E-state index contributed by atoms with van der Waals surface area (Å²) in [5, 5.41) is 0. The summed E-state index contributed by atoms with van der Waals surface area (Å²) in [6, 6.07) is 9.76. The minimum Gasteiger partial charge on any atom is -0.454 e. The zero-order chi connectivity index (χ0) is 22.4. The van der Waals surface area contributed by atoms with Gasteiger partial charge in [0.2, 0.25) is 17.6 Å². The molecule has 1 saturated heterocycles. The fourth-order valence-corrected chi connectivity index (χ4v) is 6.79. The maximum Gasteiger partial charge on any atom is 0.269 e. The van der Waals surface area contributed by atoms with E-state index >= 15 is 0 Å². The number of fused-ring (bicyclic) bond motifs is 2. The molecule has 6 nitrogen and oxygen atoms in total. The summed E-state index contributed by atoms with van der Waals surface area (Å²) < 4.78 is 11.0. The quantitative estimate of drug-likeness (QED) is 0.679. The second-order valence-corrected chi connectivity index (χ2v) is 10.4. The second-order valence-electron chi connectivity index (χ2n) is 9.21. The number of benzene rings is 2. The van der Waals surface area contributed by atoms with E-state index in [1.165, 1.54) is 11.8 Å². The van der Waals surface area contributed by atoms with Gasteiger partial charge in [0.25, 0.3) is 5.91 Å². The third kappa shape index (κ3) is 2.32. The van der Waals surface area contributed by atoms with Crippen LogP contribution in [0.1, 0.15) is 44.4 Å². The van der Waals surface area contributed by atoms with Crippen LogP contribution in [0.25, 0.3) is 5.57 Å². The Morgan fingerprint density at radius 1 is 1.06 bits per heavy atom. The van der Waals surface area contributed by atoms with E-state index in [9.17, 15) is 9.59 Å². The molecule has 1 spiro atoms. The Kier molecular flexibility index (Phi) is 3.89. The van der Waals surface area contributed by atoms with Crippen LogP contribution < -0.4 is 19.3 Å². The van der Waals surface area contributed by atoms with Gasteiger partial charge in [-0.05, 0) is 62.6 Å². The largest absolute Gasteiger partial charge is 0.454 e. The zero-order valence-electron chi connectivity index (χ0n) is 18.5. The van der Waals surface area contributed by atoms with Gasteiger partial charge in [-0.25, -0.2) is 0 Å². The first-order chi connectivity index (χ1) is 15.3. The van der Waals surface area contributed by atoms with Gasteiger partial charge in [0.05, 0.1) is 17.0 Å². The van der Waals surface area contributed by atoms with Gasteiger partial charge in [0.1, 0.15) is 0 Å². The first kappa shape index (κ1) is 19.7. The molecule has 2 amide bonds. The minimum absolute atomic E-state index is 0.0655. The Balaban J connectivity index is 1.63. The van der Waals surface area contributed by atoms with Crippen molar-refractivity contribution in [3.05, 3.63) is 53.1 Å². The zero-order valence-corrected chi connectivity index (χ0v) is 19.3. The molecular formula is C25H24N2O4S. The van der Waals surface area contributed by atoms with E-state index in [-0.39, 0.29) is 24.4 Å². The van der Waals surface area contributed by atoms with E-state index in [4.69, 9.17) is 9.47 Å². The lowest BCUT2D eigenvalue weighted by Gasteiger charge is -2.40. The number of rotatable bonds is 2. The molecule has 1 fully saturated rings. The van der Waals surface area contributed by atoms with Crippen LogP contribution in [-0.2, 0) is 20.9 Å². The third-order valence-corrected chi connectivity index (χ3v) is 8.20. The number of carbonyl (C=O) groups excluding carboxylic acids is 2. The van der Waals surface area contributed by atoms with Crippen LogP contribution in [0.5, 0.6) is 11.5 Å². The van der Waals surface area contributed by atoms with Gasteiger partial charge in [-0.15, -0.1) is 11.8 Å². The Labute approximate surface area is 191 Å². The van der Waals surface area contributed by atoms with Gasteiger partial charge >= 0.3 is 0 Å². The first-order valence-corrected chi connectivity index (χ1v) is 11.8. The number of hydrogen-bond acceptors (Lipinski definition) is 5. The molecule has 2 aromatic rings. The molecule has 0 bridgehead atoms. The first-order valence-electron chi connectivity index (χ1n) is 10.9. The Hall–Kier alpha value is -2.93. The summed E-state index contributed by atoms with van der Waals surface area (Å²) in [6.07, 6.45) is 3.01. The highest BCUT2D eigenvalue weighted by Crippen LogP contribution is 2.60. The number of carbonyl (C=O) groups is 2. The van der Waals surface area contributed by atoms with E-state index in [1.807, 2.05) is 17.0 Å². The lowest BCUT2D eigenvalue weighted by atomic mass is 9.87. The van der Waals surface area contributed by atoms with Gasteiger partial charge in [-0.3, -0.25) is 19.4 Å². The number of aryl methyl sites for hydroxylation is 1. The average Bonchev–Trinajstić information content (AvgIpc) is 3.42. The maximum absolute atomic E-state index is 14.3. The lowest BCUT2D eigenvalue weighted by molar-refractivity contribution is -0.124. The van der Waals surface area contributed by atoms with Crippen molar-refractivity contribution in [2.24, 2.45) is 0 Å². The Bertz CT molecular complexity index is 1250. The number of amides is 2. The minimum atomic E-state index is -1.13. The van der Waals surface area contributed by atoms with Crippen molar-refractivity contribution < 1.29 is 19.1 Å². The van der Waals surface area contributed by atoms with Crippen LogP contribution in [0.4, 0.5) is 11.4 Å². The van der Waals surface area contributed by atoms with Gasteiger partial charge < -0.3 is 9.47 Å². The normalized spacial score (nSPS) is 24.4. The standard InChI is InChI=1S/C25H24N2O4S/c1-5-15-8-17-14(2)11-24(3,4)27-22(17)18(9-15)25(23(27)29)26(21(28)12-32-25)16-6-7-19-20(10-16)31-13-30-19/h6-11H,5,12-13H2,1-4H3/t25-/m1/s1. The topological polar surface area (TPSA) is 59.1 Å². The molecule has 7 heteroatoms. The van der Waals surface area contributed by atoms with Gasteiger partial charge in [-0.2, -0.15) is 0 Å². The number of allylic oxidation sites excluding steroid dienone is 1.